The Kier molecular flexibility index (Phi) is 3.05. The van der Waals surface area contributed by atoms with Gasteiger partial charge in [0.15, 0.2) is 0 Å². The van der Waals surface area contributed by atoms with Crippen molar-refractivity contribution in [3.63, 3.8) is 0 Å². The second-order valence-electron chi connectivity index (χ2n) is 4.91. The highest BCUT2D eigenvalue weighted by molar-refractivity contribution is 5.54. The average Bonchev–Trinajstić information content (AvgIpc) is 2.87. The summed E-state index contributed by atoms with van der Waals surface area (Å²) < 4.78 is 2.00. The summed E-state index contributed by atoms with van der Waals surface area (Å²) in [6.07, 6.45) is 6.48. The third-order valence-electron chi connectivity index (χ3n) is 3.70. The number of nitrogens with one attached hydrogen (secondary N) is 1. The van der Waals surface area contributed by atoms with Crippen LogP contribution in [0.5, 0.6) is 0 Å². The van der Waals surface area contributed by atoms with Crippen LogP contribution >= 0.6 is 0 Å². The Hall–Kier alpha value is -1.77. The SMILES string of the molecule is CCn1cc(CC2CCNc3ccccc32)cn1. The zero-order valence-electron chi connectivity index (χ0n) is 10.8. The number of aryl methyl sites for hydroxylation is 1. The highest BCUT2D eigenvalue weighted by Gasteiger charge is 2.20. The van der Waals surface area contributed by atoms with Crippen molar-refractivity contribution in [1.82, 2.24) is 9.78 Å². The minimum absolute atomic E-state index is 0.622. The monoisotopic (exact) mass is 241 g/mol. The summed E-state index contributed by atoms with van der Waals surface area (Å²) in [6, 6.07) is 8.66. The van der Waals surface area contributed by atoms with Crippen LogP contribution in [0.2, 0.25) is 0 Å². The molecule has 1 unspecified atom stereocenters. The highest BCUT2D eigenvalue weighted by Crippen LogP contribution is 2.33. The van der Waals surface area contributed by atoms with Crippen molar-refractivity contribution in [1.29, 1.82) is 0 Å². The molecule has 0 bridgehead atoms. The van der Waals surface area contributed by atoms with E-state index in [1.807, 2.05) is 10.9 Å². The summed E-state index contributed by atoms with van der Waals surface area (Å²) in [4.78, 5) is 0. The molecule has 1 aromatic carbocycles. The van der Waals surface area contributed by atoms with Crippen LogP contribution in [0.25, 0.3) is 0 Å². The minimum atomic E-state index is 0.622. The topological polar surface area (TPSA) is 29.9 Å². The maximum atomic E-state index is 4.36. The number of nitrogens with zero attached hydrogens (tertiary/aromatic N) is 2. The largest absolute Gasteiger partial charge is 0.385 e. The smallest absolute Gasteiger partial charge is 0.0521 e. The molecule has 0 amide bonds. The molecule has 0 saturated heterocycles. The second-order valence-corrected chi connectivity index (χ2v) is 4.91. The van der Waals surface area contributed by atoms with Crippen molar-refractivity contribution in [2.75, 3.05) is 11.9 Å². The zero-order valence-corrected chi connectivity index (χ0v) is 10.8. The molecule has 1 N–H and O–H groups in total. The van der Waals surface area contributed by atoms with Crippen LogP contribution in [0.4, 0.5) is 5.69 Å². The summed E-state index contributed by atoms with van der Waals surface area (Å²) in [5.41, 5.74) is 4.10. The van der Waals surface area contributed by atoms with Crippen LogP contribution in [0.3, 0.4) is 0 Å². The van der Waals surface area contributed by atoms with Gasteiger partial charge in [-0.25, -0.2) is 0 Å². The first kappa shape index (κ1) is 11.3. The van der Waals surface area contributed by atoms with E-state index in [-0.39, 0.29) is 0 Å². The molecule has 1 aliphatic rings. The Balaban J connectivity index is 1.81. The van der Waals surface area contributed by atoms with E-state index in [2.05, 4.69) is 47.8 Å². The van der Waals surface area contributed by atoms with Crippen molar-refractivity contribution in [2.24, 2.45) is 0 Å². The van der Waals surface area contributed by atoms with Gasteiger partial charge in [0, 0.05) is 25.0 Å². The summed E-state index contributed by atoms with van der Waals surface area (Å²) in [5, 5.41) is 7.83. The minimum Gasteiger partial charge on any atom is -0.385 e. The van der Waals surface area contributed by atoms with Crippen LogP contribution in [0.15, 0.2) is 36.7 Å². The predicted octanol–water partition coefficient (Wildman–Crippen LogP) is 3.04. The van der Waals surface area contributed by atoms with E-state index in [4.69, 9.17) is 0 Å². The number of anilines is 1. The molecule has 2 aromatic rings. The molecule has 0 aliphatic carbocycles. The lowest BCUT2D eigenvalue weighted by atomic mass is 9.87. The van der Waals surface area contributed by atoms with Gasteiger partial charge in [-0.15, -0.1) is 0 Å². The van der Waals surface area contributed by atoms with Gasteiger partial charge in [-0.1, -0.05) is 18.2 Å². The average molecular weight is 241 g/mol. The van der Waals surface area contributed by atoms with E-state index >= 15 is 0 Å². The van der Waals surface area contributed by atoms with Crippen LogP contribution in [0, 0.1) is 0 Å². The van der Waals surface area contributed by atoms with Crippen molar-refractivity contribution in [3.8, 4) is 0 Å². The lowest BCUT2D eigenvalue weighted by molar-refractivity contribution is 0.621. The number of hydrogen-bond donors (Lipinski definition) is 1. The van der Waals surface area contributed by atoms with E-state index < -0.39 is 0 Å². The van der Waals surface area contributed by atoms with Gasteiger partial charge < -0.3 is 5.32 Å². The number of fused-ring (bicyclic) bond motifs is 1. The number of aromatic nitrogens is 2. The first-order chi connectivity index (χ1) is 8.86. The van der Waals surface area contributed by atoms with Crippen molar-refractivity contribution < 1.29 is 0 Å². The second kappa shape index (κ2) is 4.84. The quantitative estimate of drug-likeness (QED) is 0.895. The molecule has 0 radical (unpaired) electrons. The molecular formula is C15H19N3. The molecule has 0 fully saturated rings. The number of hydrogen-bond acceptors (Lipinski definition) is 2. The summed E-state index contributed by atoms with van der Waals surface area (Å²) in [6.45, 7) is 4.14. The molecule has 18 heavy (non-hydrogen) atoms. The van der Waals surface area contributed by atoms with Gasteiger partial charge >= 0.3 is 0 Å². The van der Waals surface area contributed by atoms with Gasteiger partial charge in [0.2, 0.25) is 0 Å². The first-order valence-corrected chi connectivity index (χ1v) is 6.71. The Morgan fingerprint density at radius 2 is 2.28 bits per heavy atom. The fourth-order valence-electron chi connectivity index (χ4n) is 2.73. The molecule has 2 heterocycles. The van der Waals surface area contributed by atoms with Gasteiger partial charge in [0.1, 0.15) is 0 Å². The standard InChI is InChI=1S/C15H19N3/c1-2-18-11-12(10-17-18)9-13-7-8-16-15-6-4-3-5-14(13)15/h3-6,10-11,13,16H,2,7-9H2,1H3. The Morgan fingerprint density at radius 1 is 1.39 bits per heavy atom. The van der Waals surface area contributed by atoms with Gasteiger partial charge in [0.25, 0.3) is 0 Å². The van der Waals surface area contributed by atoms with E-state index in [1.54, 1.807) is 0 Å². The summed E-state index contributed by atoms with van der Waals surface area (Å²) >= 11 is 0. The molecule has 3 rings (SSSR count). The maximum Gasteiger partial charge on any atom is 0.0521 e. The zero-order chi connectivity index (χ0) is 12.4. The molecule has 94 valence electrons. The van der Waals surface area contributed by atoms with E-state index in [0.29, 0.717) is 5.92 Å². The summed E-state index contributed by atoms with van der Waals surface area (Å²) in [5.74, 6) is 0.622. The molecule has 1 aromatic heterocycles. The van der Waals surface area contributed by atoms with Gasteiger partial charge in [-0.3, -0.25) is 4.68 Å². The van der Waals surface area contributed by atoms with Gasteiger partial charge in [0.05, 0.1) is 6.20 Å². The van der Waals surface area contributed by atoms with Crippen LogP contribution in [-0.2, 0) is 13.0 Å². The maximum absolute atomic E-state index is 4.36. The molecular weight excluding hydrogens is 222 g/mol. The first-order valence-electron chi connectivity index (χ1n) is 6.71. The third-order valence-corrected chi connectivity index (χ3v) is 3.70. The molecule has 3 nitrogen and oxygen atoms in total. The van der Waals surface area contributed by atoms with Crippen LogP contribution in [0.1, 0.15) is 30.4 Å². The lowest BCUT2D eigenvalue weighted by Gasteiger charge is -2.26. The Morgan fingerprint density at radius 3 is 3.11 bits per heavy atom. The molecule has 1 atom stereocenters. The van der Waals surface area contributed by atoms with E-state index in [1.165, 1.54) is 23.2 Å². The fourth-order valence-corrected chi connectivity index (χ4v) is 2.73. The number of benzene rings is 1. The molecule has 0 spiro atoms. The highest BCUT2D eigenvalue weighted by atomic mass is 15.3. The lowest BCUT2D eigenvalue weighted by Crippen LogP contribution is -2.18. The number of para-hydroxylation sites is 1. The third kappa shape index (κ3) is 2.13. The van der Waals surface area contributed by atoms with Gasteiger partial charge in [-0.2, -0.15) is 5.10 Å². The van der Waals surface area contributed by atoms with Crippen LogP contribution in [-0.4, -0.2) is 16.3 Å². The predicted molar refractivity (Wildman–Crippen MR) is 73.9 cm³/mol. The molecule has 3 heteroatoms. The Bertz CT molecular complexity index is 530. The van der Waals surface area contributed by atoms with Gasteiger partial charge in [-0.05, 0) is 42.9 Å². The van der Waals surface area contributed by atoms with Crippen LogP contribution < -0.4 is 5.32 Å². The van der Waals surface area contributed by atoms with Crippen molar-refractivity contribution >= 4 is 5.69 Å². The van der Waals surface area contributed by atoms with E-state index in [9.17, 15) is 0 Å². The summed E-state index contributed by atoms with van der Waals surface area (Å²) in [7, 11) is 0. The van der Waals surface area contributed by atoms with E-state index in [0.717, 1.165) is 19.5 Å². The van der Waals surface area contributed by atoms with Crippen molar-refractivity contribution in [3.05, 3.63) is 47.8 Å². The molecule has 0 saturated carbocycles. The normalized spacial score (nSPS) is 18.2. The number of rotatable bonds is 3. The fraction of sp³-hybridized carbons (Fsp3) is 0.400. The molecule has 1 aliphatic heterocycles. The Labute approximate surface area is 108 Å². The van der Waals surface area contributed by atoms with Crippen molar-refractivity contribution in [2.45, 2.75) is 32.2 Å².